The number of hydrogen-bond donors (Lipinski definition) is 2. The van der Waals surface area contributed by atoms with E-state index in [0.29, 0.717) is 22.8 Å². The van der Waals surface area contributed by atoms with Crippen molar-refractivity contribution in [3.05, 3.63) is 89.6 Å². The number of aromatic amines is 1. The van der Waals surface area contributed by atoms with E-state index in [-0.39, 0.29) is 11.3 Å². The number of furan rings is 1. The molecule has 0 radical (unpaired) electrons. The zero-order valence-electron chi connectivity index (χ0n) is 16.7. The second-order valence-electron chi connectivity index (χ2n) is 7.96. The van der Waals surface area contributed by atoms with Crippen LogP contribution in [0, 0.1) is 0 Å². The van der Waals surface area contributed by atoms with Crippen LogP contribution in [0.3, 0.4) is 0 Å². The first-order valence-corrected chi connectivity index (χ1v) is 9.52. The van der Waals surface area contributed by atoms with E-state index in [0.717, 1.165) is 11.0 Å². The van der Waals surface area contributed by atoms with E-state index in [1.165, 1.54) is 5.56 Å². The number of rotatable bonds is 4. The van der Waals surface area contributed by atoms with Gasteiger partial charge in [0, 0.05) is 11.6 Å². The van der Waals surface area contributed by atoms with Gasteiger partial charge < -0.3 is 14.7 Å². The van der Waals surface area contributed by atoms with Gasteiger partial charge in [-0.1, -0.05) is 45.0 Å². The van der Waals surface area contributed by atoms with Crippen LogP contribution < -0.4 is 5.32 Å². The van der Waals surface area contributed by atoms with Crippen LogP contribution >= 0.6 is 0 Å². The van der Waals surface area contributed by atoms with E-state index in [1.807, 2.05) is 54.6 Å². The molecule has 146 valence electrons. The Morgan fingerprint density at radius 2 is 1.79 bits per heavy atom. The van der Waals surface area contributed by atoms with Gasteiger partial charge >= 0.3 is 0 Å². The fourth-order valence-electron chi connectivity index (χ4n) is 3.08. The topological polar surface area (TPSA) is 70.9 Å². The van der Waals surface area contributed by atoms with Gasteiger partial charge in [-0.15, -0.1) is 0 Å². The van der Waals surface area contributed by atoms with E-state index >= 15 is 0 Å². The molecule has 0 atom stereocenters. The molecule has 4 rings (SSSR count). The number of benzene rings is 2. The van der Waals surface area contributed by atoms with E-state index < -0.39 is 0 Å². The molecule has 4 aromatic rings. The predicted molar refractivity (Wildman–Crippen MR) is 115 cm³/mol. The predicted octanol–water partition coefficient (Wildman–Crippen LogP) is 5.38. The summed E-state index contributed by atoms with van der Waals surface area (Å²) in [4.78, 5) is 20.8. The SMILES string of the molecule is CC(C)(C)c1ccc(C(=O)N/C(=C/c2ccco2)c2nc3ccccc3[nH]2)cc1. The Bertz CT molecular complexity index is 1130. The number of carbonyl (C=O) groups is 1. The number of hydrogen-bond acceptors (Lipinski definition) is 3. The molecule has 29 heavy (non-hydrogen) atoms. The monoisotopic (exact) mass is 385 g/mol. The minimum atomic E-state index is -0.205. The molecule has 1 amide bonds. The van der Waals surface area contributed by atoms with E-state index in [1.54, 1.807) is 18.4 Å². The highest BCUT2D eigenvalue weighted by Gasteiger charge is 2.16. The van der Waals surface area contributed by atoms with Crippen molar-refractivity contribution < 1.29 is 9.21 Å². The largest absolute Gasteiger partial charge is 0.465 e. The smallest absolute Gasteiger partial charge is 0.255 e. The Hall–Kier alpha value is -3.60. The third kappa shape index (κ3) is 4.14. The van der Waals surface area contributed by atoms with E-state index in [4.69, 9.17) is 4.42 Å². The summed E-state index contributed by atoms with van der Waals surface area (Å²) in [6, 6.07) is 19.0. The van der Waals surface area contributed by atoms with Gasteiger partial charge in [0.2, 0.25) is 0 Å². The summed E-state index contributed by atoms with van der Waals surface area (Å²) < 4.78 is 5.43. The van der Waals surface area contributed by atoms with Crippen molar-refractivity contribution in [1.29, 1.82) is 0 Å². The Balaban J connectivity index is 1.66. The second-order valence-corrected chi connectivity index (χ2v) is 7.96. The van der Waals surface area contributed by atoms with Gasteiger partial charge in [-0.3, -0.25) is 4.79 Å². The molecule has 2 N–H and O–H groups in total. The molecule has 0 aliphatic heterocycles. The van der Waals surface area contributed by atoms with Crippen molar-refractivity contribution in [1.82, 2.24) is 15.3 Å². The van der Waals surface area contributed by atoms with Crippen LogP contribution in [0.15, 0.2) is 71.3 Å². The number of H-pyrrole nitrogens is 1. The molecule has 2 aromatic heterocycles. The lowest BCUT2D eigenvalue weighted by Crippen LogP contribution is -2.22. The highest BCUT2D eigenvalue weighted by molar-refractivity contribution is 6.01. The number of imidazole rings is 1. The summed E-state index contributed by atoms with van der Waals surface area (Å²) in [5, 5.41) is 2.98. The number of para-hydroxylation sites is 2. The molecule has 5 nitrogen and oxygen atoms in total. The molecule has 2 heterocycles. The molecule has 0 aliphatic rings. The lowest BCUT2D eigenvalue weighted by atomic mass is 9.87. The number of aromatic nitrogens is 2. The Morgan fingerprint density at radius 3 is 2.45 bits per heavy atom. The van der Waals surface area contributed by atoms with E-state index in [2.05, 4.69) is 36.1 Å². The third-order valence-electron chi connectivity index (χ3n) is 4.74. The summed E-state index contributed by atoms with van der Waals surface area (Å²) in [7, 11) is 0. The first-order valence-electron chi connectivity index (χ1n) is 9.52. The van der Waals surface area contributed by atoms with Gasteiger partial charge in [-0.2, -0.15) is 0 Å². The highest BCUT2D eigenvalue weighted by Crippen LogP contribution is 2.23. The number of nitrogens with zero attached hydrogens (tertiary/aromatic N) is 1. The zero-order valence-corrected chi connectivity index (χ0v) is 16.7. The fraction of sp³-hybridized carbons (Fsp3) is 0.167. The zero-order chi connectivity index (χ0) is 20.4. The van der Waals surface area contributed by atoms with Gasteiger partial charge in [0.05, 0.1) is 23.0 Å². The maximum atomic E-state index is 12.9. The fourth-order valence-corrected chi connectivity index (χ4v) is 3.08. The van der Waals surface area contributed by atoms with Crippen molar-refractivity contribution in [2.45, 2.75) is 26.2 Å². The minimum absolute atomic E-state index is 0.0353. The molecular weight excluding hydrogens is 362 g/mol. The van der Waals surface area contributed by atoms with Gasteiger partial charge in [-0.25, -0.2) is 4.98 Å². The molecule has 0 aliphatic carbocycles. The van der Waals surface area contributed by atoms with Crippen LogP contribution in [0.25, 0.3) is 22.8 Å². The number of nitrogens with one attached hydrogen (secondary N) is 2. The highest BCUT2D eigenvalue weighted by atomic mass is 16.3. The molecule has 2 aromatic carbocycles. The molecule has 0 spiro atoms. The molecule has 0 saturated heterocycles. The van der Waals surface area contributed by atoms with Crippen LogP contribution in [0.1, 0.15) is 48.3 Å². The van der Waals surface area contributed by atoms with Crippen molar-refractivity contribution in [2.75, 3.05) is 0 Å². The van der Waals surface area contributed by atoms with Crippen molar-refractivity contribution in [2.24, 2.45) is 0 Å². The quantitative estimate of drug-likeness (QED) is 0.495. The first-order chi connectivity index (χ1) is 13.9. The Kier molecular flexibility index (Phi) is 4.80. The molecule has 0 saturated carbocycles. The normalized spacial score (nSPS) is 12.3. The minimum Gasteiger partial charge on any atom is -0.465 e. The number of amides is 1. The summed E-state index contributed by atoms with van der Waals surface area (Å²) in [6.45, 7) is 6.44. The van der Waals surface area contributed by atoms with Crippen LogP contribution in [0.5, 0.6) is 0 Å². The average molecular weight is 385 g/mol. The van der Waals surface area contributed by atoms with Crippen LogP contribution in [0.2, 0.25) is 0 Å². The van der Waals surface area contributed by atoms with Gasteiger partial charge in [-0.05, 0) is 47.4 Å². The first kappa shape index (κ1) is 18.7. The third-order valence-corrected chi connectivity index (χ3v) is 4.74. The van der Waals surface area contributed by atoms with Gasteiger partial charge in [0.1, 0.15) is 5.76 Å². The maximum Gasteiger partial charge on any atom is 0.255 e. The number of carbonyl (C=O) groups excluding carboxylic acids is 1. The summed E-state index contributed by atoms with van der Waals surface area (Å²) in [6.07, 6.45) is 3.36. The molecular formula is C24H23N3O2. The van der Waals surface area contributed by atoms with Gasteiger partial charge in [0.15, 0.2) is 5.82 Å². The summed E-state index contributed by atoms with van der Waals surface area (Å²) in [5.74, 6) is 0.995. The van der Waals surface area contributed by atoms with Crippen molar-refractivity contribution in [3.63, 3.8) is 0 Å². The summed E-state index contributed by atoms with van der Waals surface area (Å²) >= 11 is 0. The van der Waals surface area contributed by atoms with Crippen molar-refractivity contribution >= 4 is 28.7 Å². The molecule has 0 unspecified atom stereocenters. The lowest BCUT2D eigenvalue weighted by Gasteiger charge is -2.19. The Labute approximate surface area is 169 Å². The standard InChI is InChI=1S/C24H23N3O2/c1-24(2,3)17-12-10-16(11-13-17)23(28)27-21(15-18-7-6-14-29-18)22-25-19-8-4-5-9-20(19)26-22/h4-15H,1-3H3,(H,25,26)(H,27,28)/b21-15+. The molecule has 0 bridgehead atoms. The molecule has 0 fully saturated rings. The van der Waals surface area contributed by atoms with Gasteiger partial charge in [0.25, 0.3) is 5.91 Å². The van der Waals surface area contributed by atoms with E-state index in [9.17, 15) is 4.79 Å². The lowest BCUT2D eigenvalue weighted by molar-refractivity contribution is 0.0973. The van der Waals surface area contributed by atoms with Crippen molar-refractivity contribution in [3.8, 4) is 0 Å². The van der Waals surface area contributed by atoms with Crippen LogP contribution in [0.4, 0.5) is 0 Å². The Morgan fingerprint density at radius 1 is 1.03 bits per heavy atom. The second kappa shape index (κ2) is 7.43. The maximum absolute atomic E-state index is 12.9. The molecule has 5 heteroatoms. The number of fused-ring (bicyclic) bond motifs is 1. The van der Waals surface area contributed by atoms with Crippen LogP contribution in [-0.2, 0) is 5.41 Å². The van der Waals surface area contributed by atoms with Crippen LogP contribution in [-0.4, -0.2) is 15.9 Å². The summed E-state index contributed by atoms with van der Waals surface area (Å²) in [5.41, 5.74) is 4.07. The average Bonchev–Trinajstić information content (AvgIpc) is 3.36.